The molecule has 3 rings (SSSR count). The lowest BCUT2D eigenvalue weighted by molar-refractivity contribution is -0.114. The molecule has 2 aromatic carbocycles. The Balaban J connectivity index is 2.41. The van der Waals surface area contributed by atoms with Crippen molar-refractivity contribution in [2.45, 2.75) is 13.8 Å². The average molecular weight is 292 g/mol. The number of allylic oxidation sites excluding steroid dienone is 4. The summed E-state index contributed by atoms with van der Waals surface area (Å²) in [6.45, 7) is 3.37. The van der Waals surface area contributed by atoms with E-state index in [1.54, 1.807) is 21.0 Å². The largest absolute Gasteiger partial charge is 0.496 e. The molecule has 0 bridgehead atoms. The second kappa shape index (κ2) is 5.26. The van der Waals surface area contributed by atoms with E-state index in [-0.39, 0.29) is 11.6 Å². The maximum Gasteiger partial charge on any atom is 0.190 e. The van der Waals surface area contributed by atoms with Gasteiger partial charge in [0.05, 0.1) is 7.11 Å². The molecule has 0 radical (unpaired) electrons. The predicted octanol–water partition coefficient (Wildman–Crippen LogP) is 3.72. The zero-order chi connectivity index (χ0) is 15.9. The Morgan fingerprint density at radius 2 is 1.68 bits per heavy atom. The maximum atomic E-state index is 12.7. The summed E-state index contributed by atoms with van der Waals surface area (Å²) in [5.41, 5.74) is 2.06. The Hall–Kier alpha value is -2.68. The number of hydrogen-bond donors (Lipinski definition) is 0. The Morgan fingerprint density at radius 1 is 0.955 bits per heavy atom. The van der Waals surface area contributed by atoms with Crippen LogP contribution in [0.5, 0.6) is 5.75 Å². The number of rotatable bonds is 2. The number of benzene rings is 2. The van der Waals surface area contributed by atoms with E-state index in [0.717, 1.165) is 10.8 Å². The van der Waals surface area contributed by atoms with E-state index in [2.05, 4.69) is 0 Å². The minimum absolute atomic E-state index is 0.119. The molecule has 1 aliphatic rings. The molecule has 22 heavy (non-hydrogen) atoms. The highest BCUT2D eigenvalue weighted by molar-refractivity contribution is 6.39. The summed E-state index contributed by atoms with van der Waals surface area (Å²) in [4.78, 5) is 24.8. The van der Waals surface area contributed by atoms with Crippen molar-refractivity contribution < 1.29 is 14.3 Å². The molecule has 0 saturated carbocycles. The SMILES string of the molecule is COc1ccc2ccccc2c1C1=C(C)C(=O)C=C(C)C1=O. The van der Waals surface area contributed by atoms with Crippen LogP contribution in [0.1, 0.15) is 19.4 Å². The maximum absolute atomic E-state index is 12.7. The quantitative estimate of drug-likeness (QED) is 0.792. The van der Waals surface area contributed by atoms with Gasteiger partial charge in [-0.15, -0.1) is 0 Å². The summed E-state index contributed by atoms with van der Waals surface area (Å²) in [7, 11) is 1.57. The molecule has 3 heteroatoms. The van der Waals surface area contributed by atoms with Gasteiger partial charge in [0.2, 0.25) is 0 Å². The molecule has 0 amide bonds. The number of ketones is 2. The zero-order valence-electron chi connectivity index (χ0n) is 12.8. The van der Waals surface area contributed by atoms with Crippen LogP contribution in [-0.4, -0.2) is 18.7 Å². The van der Waals surface area contributed by atoms with Crippen molar-refractivity contribution >= 4 is 27.9 Å². The molecule has 0 heterocycles. The molecule has 3 nitrogen and oxygen atoms in total. The minimum Gasteiger partial charge on any atom is -0.496 e. The highest BCUT2D eigenvalue weighted by Gasteiger charge is 2.28. The number of carbonyl (C=O) groups is 2. The van der Waals surface area contributed by atoms with Crippen LogP contribution in [0.25, 0.3) is 16.3 Å². The van der Waals surface area contributed by atoms with Crippen LogP contribution in [0.15, 0.2) is 53.6 Å². The first-order valence-electron chi connectivity index (χ1n) is 7.09. The van der Waals surface area contributed by atoms with Crippen molar-refractivity contribution in [2.24, 2.45) is 0 Å². The van der Waals surface area contributed by atoms with Crippen molar-refractivity contribution in [2.75, 3.05) is 7.11 Å². The molecule has 0 unspecified atom stereocenters. The van der Waals surface area contributed by atoms with Gasteiger partial charge in [0, 0.05) is 22.3 Å². The average Bonchev–Trinajstić information content (AvgIpc) is 2.53. The first-order chi connectivity index (χ1) is 10.5. The van der Waals surface area contributed by atoms with Crippen LogP contribution in [0.2, 0.25) is 0 Å². The van der Waals surface area contributed by atoms with E-state index in [1.807, 2.05) is 36.4 Å². The monoisotopic (exact) mass is 292 g/mol. The van der Waals surface area contributed by atoms with Crippen LogP contribution in [0, 0.1) is 0 Å². The minimum atomic E-state index is -0.123. The Bertz CT molecular complexity index is 869. The highest BCUT2D eigenvalue weighted by atomic mass is 16.5. The third-order valence-corrected chi connectivity index (χ3v) is 4.04. The van der Waals surface area contributed by atoms with E-state index in [0.29, 0.717) is 28.0 Å². The Labute approximate surface area is 128 Å². The number of fused-ring (bicyclic) bond motifs is 1. The second-order valence-electron chi connectivity index (χ2n) is 5.38. The van der Waals surface area contributed by atoms with Crippen molar-refractivity contribution in [3.05, 3.63) is 59.2 Å². The lowest BCUT2D eigenvalue weighted by Crippen LogP contribution is -2.16. The van der Waals surface area contributed by atoms with Gasteiger partial charge in [0.1, 0.15) is 5.75 Å². The molecule has 0 fully saturated rings. The number of ether oxygens (including phenoxy) is 1. The highest BCUT2D eigenvalue weighted by Crippen LogP contribution is 2.38. The second-order valence-corrected chi connectivity index (χ2v) is 5.38. The molecule has 0 saturated heterocycles. The molecule has 1 aliphatic carbocycles. The summed E-state index contributed by atoms with van der Waals surface area (Å²) in [5, 5.41) is 1.91. The van der Waals surface area contributed by atoms with Crippen molar-refractivity contribution in [1.29, 1.82) is 0 Å². The molecule has 0 aliphatic heterocycles. The summed E-state index contributed by atoms with van der Waals surface area (Å²) < 4.78 is 5.46. The van der Waals surface area contributed by atoms with Gasteiger partial charge in [0.25, 0.3) is 0 Å². The third kappa shape index (κ3) is 2.06. The zero-order valence-corrected chi connectivity index (χ0v) is 12.8. The van der Waals surface area contributed by atoms with Crippen LogP contribution in [0.4, 0.5) is 0 Å². The molecule has 0 aromatic heterocycles. The fourth-order valence-electron chi connectivity index (χ4n) is 2.84. The topological polar surface area (TPSA) is 43.4 Å². The lowest BCUT2D eigenvalue weighted by Gasteiger charge is -2.19. The Morgan fingerprint density at radius 3 is 2.41 bits per heavy atom. The summed E-state index contributed by atoms with van der Waals surface area (Å²) in [6.07, 6.45) is 1.40. The molecular weight excluding hydrogens is 276 g/mol. The van der Waals surface area contributed by atoms with Crippen LogP contribution < -0.4 is 4.74 Å². The summed E-state index contributed by atoms with van der Waals surface area (Å²) in [5.74, 6) is 0.359. The third-order valence-electron chi connectivity index (χ3n) is 4.04. The molecule has 0 atom stereocenters. The standard InChI is InChI=1S/C19H16O3/c1-11-10-15(20)12(2)17(19(11)21)18-14-7-5-4-6-13(14)8-9-16(18)22-3/h4-10H,1-3H3. The van der Waals surface area contributed by atoms with Gasteiger partial charge in [-0.3, -0.25) is 9.59 Å². The first-order valence-corrected chi connectivity index (χ1v) is 7.09. The van der Waals surface area contributed by atoms with Gasteiger partial charge in [0.15, 0.2) is 11.6 Å². The fourth-order valence-corrected chi connectivity index (χ4v) is 2.84. The van der Waals surface area contributed by atoms with E-state index in [4.69, 9.17) is 4.74 Å². The van der Waals surface area contributed by atoms with Crippen LogP contribution >= 0.6 is 0 Å². The number of methoxy groups -OCH3 is 1. The van der Waals surface area contributed by atoms with E-state index < -0.39 is 0 Å². The normalized spacial score (nSPS) is 15.3. The van der Waals surface area contributed by atoms with Gasteiger partial charge >= 0.3 is 0 Å². The summed E-state index contributed by atoms with van der Waals surface area (Å²) in [6, 6.07) is 11.6. The van der Waals surface area contributed by atoms with Gasteiger partial charge in [-0.1, -0.05) is 30.3 Å². The van der Waals surface area contributed by atoms with Crippen molar-refractivity contribution in [3.8, 4) is 5.75 Å². The van der Waals surface area contributed by atoms with E-state index >= 15 is 0 Å². The van der Waals surface area contributed by atoms with Gasteiger partial charge in [-0.05, 0) is 36.8 Å². The van der Waals surface area contributed by atoms with Crippen molar-refractivity contribution in [1.82, 2.24) is 0 Å². The fraction of sp³-hybridized carbons (Fsp3) is 0.158. The molecule has 0 N–H and O–H groups in total. The summed E-state index contributed by atoms with van der Waals surface area (Å²) >= 11 is 0. The number of carbonyl (C=O) groups excluding carboxylic acids is 2. The van der Waals surface area contributed by atoms with Crippen LogP contribution in [0.3, 0.4) is 0 Å². The van der Waals surface area contributed by atoms with Gasteiger partial charge in [-0.2, -0.15) is 0 Å². The van der Waals surface area contributed by atoms with Gasteiger partial charge in [-0.25, -0.2) is 0 Å². The smallest absolute Gasteiger partial charge is 0.190 e. The molecule has 0 spiro atoms. The van der Waals surface area contributed by atoms with Crippen molar-refractivity contribution in [3.63, 3.8) is 0 Å². The number of hydrogen-bond acceptors (Lipinski definition) is 3. The molecule has 110 valence electrons. The van der Waals surface area contributed by atoms with Gasteiger partial charge < -0.3 is 4.74 Å². The number of Topliss-reactive ketones (excluding diaryl/α,β-unsaturated/α-hetero) is 1. The van der Waals surface area contributed by atoms with Crippen LogP contribution in [-0.2, 0) is 9.59 Å². The first kappa shape index (κ1) is 14.3. The molecular formula is C19H16O3. The van der Waals surface area contributed by atoms with E-state index in [1.165, 1.54) is 6.08 Å². The lowest BCUT2D eigenvalue weighted by atomic mass is 9.84. The Kier molecular flexibility index (Phi) is 3.41. The van der Waals surface area contributed by atoms with E-state index in [9.17, 15) is 9.59 Å². The predicted molar refractivity (Wildman–Crippen MR) is 86.9 cm³/mol. The molecule has 2 aromatic rings.